The van der Waals surface area contributed by atoms with Crippen LogP contribution in [0.4, 0.5) is 0 Å². The number of hydrogen-bond donors (Lipinski definition) is 1. The molecule has 30 heavy (non-hydrogen) atoms. The first-order valence-corrected chi connectivity index (χ1v) is 9.94. The van der Waals surface area contributed by atoms with Crippen molar-refractivity contribution in [1.29, 1.82) is 0 Å². The maximum atomic E-state index is 12.6. The Morgan fingerprint density at radius 1 is 1.07 bits per heavy atom. The first kappa shape index (κ1) is 21.4. The zero-order valence-electron chi connectivity index (χ0n) is 17.7. The number of para-hydroxylation sites is 2. The summed E-state index contributed by atoms with van der Waals surface area (Å²) in [5, 5.41) is 2.98. The van der Waals surface area contributed by atoms with Crippen LogP contribution >= 0.6 is 0 Å². The van der Waals surface area contributed by atoms with E-state index < -0.39 is 0 Å². The van der Waals surface area contributed by atoms with Gasteiger partial charge in [-0.15, -0.1) is 0 Å². The molecule has 7 nitrogen and oxygen atoms in total. The summed E-state index contributed by atoms with van der Waals surface area (Å²) in [6.45, 7) is 5.52. The quantitative estimate of drug-likeness (QED) is 0.577. The number of methoxy groups -OCH3 is 1. The van der Waals surface area contributed by atoms with E-state index in [0.29, 0.717) is 5.82 Å². The molecule has 158 valence electrons. The van der Waals surface area contributed by atoms with E-state index in [1.807, 2.05) is 69.3 Å². The molecule has 0 aliphatic rings. The van der Waals surface area contributed by atoms with E-state index in [4.69, 9.17) is 9.47 Å². The van der Waals surface area contributed by atoms with Crippen molar-refractivity contribution in [3.63, 3.8) is 0 Å². The first-order chi connectivity index (χ1) is 14.4. The Kier molecular flexibility index (Phi) is 6.72. The fraction of sp³-hybridized carbons (Fsp3) is 0.348. The number of carbonyl (C=O) groups excluding carboxylic acids is 2. The number of hydrogen-bond acceptors (Lipinski definition) is 5. The van der Waals surface area contributed by atoms with Crippen LogP contribution in [0, 0.1) is 0 Å². The lowest BCUT2D eigenvalue weighted by Crippen LogP contribution is -2.30. The monoisotopic (exact) mass is 409 g/mol. The first-order valence-electron chi connectivity index (χ1n) is 9.94. The van der Waals surface area contributed by atoms with Crippen molar-refractivity contribution in [2.75, 3.05) is 7.11 Å². The molecule has 1 amide bonds. The number of carbonyl (C=O) groups is 2. The molecule has 7 heteroatoms. The topological polar surface area (TPSA) is 82.5 Å². The van der Waals surface area contributed by atoms with E-state index in [1.54, 1.807) is 11.7 Å². The van der Waals surface area contributed by atoms with E-state index in [9.17, 15) is 9.59 Å². The number of ether oxygens (including phenoxy) is 2. The molecular formula is C23H27N3O4. The third-order valence-corrected chi connectivity index (χ3v) is 4.63. The van der Waals surface area contributed by atoms with Gasteiger partial charge in [0.15, 0.2) is 0 Å². The predicted octanol–water partition coefficient (Wildman–Crippen LogP) is 3.42. The molecule has 1 heterocycles. The Balaban J connectivity index is 1.77. The second-order valence-corrected chi connectivity index (χ2v) is 7.40. The maximum Gasteiger partial charge on any atom is 0.326 e. The summed E-state index contributed by atoms with van der Waals surface area (Å²) < 4.78 is 12.2. The number of nitrogens with one attached hydrogen (secondary N) is 1. The van der Waals surface area contributed by atoms with Gasteiger partial charge in [0.1, 0.15) is 18.1 Å². The Morgan fingerprint density at radius 2 is 1.77 bits per heavy atom. The zero-order valence-corrected chi connectivity index (χ0v) is 17.7. The standard InChI is InChI=1S/C23H27N3O4/c1-15(2)30-22(28)14-26-20-8-6-5-7-19(20)25-23(26)16(3)24-21(27)13-17-9-11-18(29-4)12-10-17/h5-12,15-16H,13-14H2,1-4H3,(H,24,27). The van der Waals surface area contributed by atoms with Crippen molar-refractivity contribution in [2.45, 2.75) is 45.9 Å². The number of amides is 1. The smallest absolute Gasteiger partial charge is 0.326 e. The third kappa shape index (κ3) is 5.17. The minimum absolute atomic E-state index is 0.0344. The average Bonchev–Trinajstić information content (AvgIpc) is 3.06. The molecule has 1 unspecified atom stereocenters. The van der Waals surface area contributed by atoms with Crippen molar-refractivity contribution in [3.8, 4) is 5.75 Å². The molecule has 0 spiro atoms. The SMILES string of the molecule is COc1ccc(CC(=O)NC(C)c2nc3ccccc3n2CC(=O)OC(C)C)cc1. The van der Waals surface area contributed by atoms with Gasteiger partial charge in [0.2, 0.25) is 5.91 Å². The lowest BCUT2D eigenvalue weighted by Gasteiger charge is -2.17. The fourth-order valence-electron chi connectivity index (χ4n) is 3.31. The van der Waals surface area contributed by atoms with Gasteiger partial charge >= 0.3 is 5.97 Å². The van der Waals surface area contributed by atoms with Crippen LogP contribution < -0.4 is 10.1 Å². The number of nitrogens with zero attached hydrogens (tertiary/aromatic N) is 2. The summed E-state index contributed by atoms with van der Waals surface area (Å²) in [6.07, 6.45) is 0.0431. The van der Waals surface area contributed by atoms with Gasteiger partial charge in [0.25, 0.3) is 0 Å². The highest BCUT2D eigenvalue weighted by atomic mass is 16.5. The van der Waals surface area contributed by atoms with Gasteiger partial charge in [-0.2, -0.15) is 0 Å². The van der Waals surface area contributed by atoms with Gasteiger partial charge in [0.05, 0.1) is 36.7 Å². The molecule has 0 bridgehead atoms. The van der Waals surface area contributed by atoms with Gasteiger partial charge in [-0.25, -0.2) is 4.98 Å². The van der Waals surface area contributed by atoms with Crippen molar-refractivity contribution in [2.24, 2.45) is 0 Å². The Morgan fingerprint density at radius 3 is 2.43 bits per heavy atom. The molecule has 0 fully saturated rings. The van der Waals surface area contributed by atoms with Gasteiger partial charge in [-0.1, -0.05) is 24.3 Å². The highest BCUT2D eigenvalue weighted by Gasteiger charge is 2.21. The number of aromatic nitrogens is 2. The van der Waals surface area contributed by atoms with Gasteiger partial charge in [-0.3, -0.25) is 9.59 Å². The van der Waals surface area contributed by atoms with Crippen LogP contribution in [0.2, 0.25) is 0 Å². The molecule has 1 aromatic heterocycles. The summed E-state index contributed by atoms with van der Waals surface area (Å²) in [5.74, 6) is 0.886. The van der Waals surface area contributed by atoms with Crippen LogP contribution in [-0.4, -0.2) is 34.6 Å². The second kappa shape index (κ2) is 9.43. The molecule has 0 aliphatic carbocycles. The molecular weight excluding hydrogens is 382 g/mol. The van der Waals surface area contributed by atoms with Crippen molar-refractivity contribution < 1.29 is 19.1 Å². The molecule has 0 aliphatic heterocycles. The Labute approximate surface area is 176 Å². The summed E-state index contributed by atoms with van der Waals surface area (Å²) in [4.78, 5) is 29.5. The van der Waals surface area contributed by atoms with Crippen LogP contribution in [0.15, 0.2) is 48.5 Å². The lowest BCUT2D eigenvalue weighted by atomic mass is 10.1. The van der Waals surface area contributed by atoms with Crippen LogP contribution in [0.5, 0.6) is 5.75 Å². The van der Waals surface area contributed by atoms with E-state index in [0.717, 1.165) is 22.3 Å². The van der Waals surface area contributed by atoms with Crippen molar-refractivity contribution in [3.05, 3.63) is 59.9 Å². The summed E-state index contributed by atoms with van der Waals surface area (Å²) in [7, 11) is 1.60. The van der Waals surface area contributed by atoms with E-state index >= 15 is 0 Å². The van der Waals surface area contributed by atoms with Gasteiger partial charge in [-0.05, 0) is 50.6 Å². The molecule has 0 radical (unpaired) electrons. The average molecular weight is 409 g/mol. The zero-order chi connectivity index (χ0) is 21.7. The summed E-state index contributed by atoms with van der Waals surface area (Å²) >= 11 is 0. The van der Waals surface area contributed by atoms with Crippen LogP contribution in [0.3, 0.4) is 0 Å². The molecule has 3 rings (SSSR count). The fourth-order valence-corrected chi connectivity index (χ4v) is 3.31. The van der Waals surface area contributed by atoms with Crippen LogP contribution in [-0.2, 0) is 27.3 Å². The molecule has 1 atom stereocenters. The van der Waals surface area contributed by atoms with Crippen molar-refractivity contribution >= 4 is 22.9 Å². The third-order valence-electron chi connectivity index (χ3n) is 4.63. The molecule has 0 saturated carbocycles. The lowest BCUT2D eigenvalue weighted by molar-refractivity contribution is -0.148. The summed E-state index contributed by atoms with van der Waals surface area (Å²) in [5.41, 5.74) is 2.47. The number of rotatable bonds is 8. The highest BCUT2D eigenvalue weighted by Crippen LogP contribution is 2.21. The van der Waals surface area contributed by atoms with E-state index in [1.165, 1.54) is 0 Å². The molecule has 2 aromatic carbocycles. The summed E-state index contributed by atoms with van der Waals surface area (Å²) in [6, 6.07) is 14.6. The Hall–Kier alpha value is -3.35. The van der Waals surface area contributed by atoms with E-state index in [-0.39, 0.29) is 37.0 Å². The Bertz CT molecular complexity index is 1020. The molecule has 1 N–H and O–H groups in total. The molecule has 3 aromatic rings. The predicted molar refractivity (Wildman–Crippen MR) is 114 cm³/mol. The minimum atomic E-state index is -0.380. The normalized spacial score (nSPS) is 12.0. The molecule has 0 saturated heterocycles. The van der Waals surface area contributed by atoms with Gasteiger partial charge in [0, 0.05) is 0 Å². The van der Waals surface area contributed by atoms with Crippen molar-refractivity contribution in [1.82, 2.24) is 14.9 Å². The maximum absolute atomic E-state index is 12.6. The largest absolute Gasteiger partial charge is 0.497 e. The number of esters is 1. The number of imidazole rings is 1. The van der Waals surface area contributed by atoms with E-state index in [2.05, 4.69) is 10.3 Å². The highest BCUT2D eigenvalue weighted by molar-refractivity contribution is 5.81. The minimum Gasteiger partial charge on any atom is -0.497 e. The second-order valence-electron chi connectivity index (χ2n) is 7.40. The number of benzene rings is 2. The van der Waals surface area contributed by atoms with Crippen LogP contribution in [0.25, 0.3) is 11.0 Å². The van der Waals surface area contributed by atoms with Crippen LogP contribution in [0.1, 0.15) is 38.2 Å². The van der Waals surface area contributed by atoms with Gasteiger partial charge < -0.3 is 19.4 Å². The number of fused-ring (bicyclic) bond motifs is 1.